The van der Waals surface area contributed by atoms with Crippen LogP contribution in [0.5, 0.6) is 0 Å². The highest BCUT2D eigenvalue weighted by atomic mass is 79.9. The minimum Gasteiger partial charge on any atom is -0.339 e. The van der Waals surface area contributed by atoms with E-state index < -0.39 is 12.3 Å². The number of carbonyl (C=O) groups is 2. The molecule has 0 saturated carbocycles. The van der Waals surface area contributed by atoms with Gasteiger partial charge in [-0.05, 0) is 79.1 Å². The summed E-state index contributed by atoms with van der Waals surface area (Å²) >= 11 is 3.44. The third-order valence-corrected chi connectivity index (χ3v) is 7.27. The lowest BCUT2D eigenvalue weighted by atomic mass is 10.1. The lowest BCUT2D eigenvalue weighted by molar-refractivity contribution is -0.130. The van der Waals surface area contributed by atoms with E-state index in [1.54, 1.807) is 24.0 Å². The van der Waals surface area contributed by atoms with Crippen molar-refractivity contribution in [1.82, 2.24) is 19.9 Å². The van der Waals surface area contributed by atoms with E-state index in [2.05, 4.69) is 21.2 Å². The molecule has 2 aliphatic rings. The number of halogens is 2. The highest BCUT2D eigenvalue weighted by Gasteiger charge is 2.41. The zero-order valence-electron chi connectivity index (χ0n) is 20.4. The van der Waals surface area contributed by atoms with Gasteiger partial charge in [0.05, 0.1) is 12.1 Å². The van der Waals surface area contributed by atoms with Gasteiger partial charge in [-0.2, -0.15) is 4.80 Å². The van der Waals surface area contributed by atoms with E-state index >= 15 is 0 Å². The molecule has 6 rings (SSSR count). The number of hydrogen-bond acceptors (Lipinski definition) is 5. The summed E-state index contributed by atoms with van der Waals surface area (Å²) in [6.07, 6.45) is -0.476. The molecule has 1 fully saturated rings. The summed E-state index contributed by atoms with van der Waals surface area (Å²) in [6.45, 7) is 2.10. The minimum absolute atomic E-state index is 0.0173. The molecule has 1 aromatic heterocycles. The lowest BCUT2D eigenvalue weighted by Crippen LogP contribution is -2.32. The van der Waals surface area contributed by atoms with Crippen LogP contribution in [0.4, 0.5) is 10.1 Å². The van der Waals surface area contributed by atoms with Crippen LogP contribution >= 0.6 is 15.9 Å². The molecule has 3 heterocycles. The van der Waals surface area contributed by atoms with Crippen LogP contribution in [0.1, 0.15) is 30.0 Å². The van der Waals surface area contributed by atoms with Gasteiger partial charge in [-0.25, -0.2) is 4.39 Å². The number of benzene rings is 3. The highest BCUT2D eigenvalue weighted by Crippen LogP contribution is 2.36. The van der Waals surface area contributed by atoms with E-state index in [4.69, 9.17) is 14.9 Å². The van der Waals surface area contributed by atoms with Gasteiger partial charge in [0.15, 0.2) is 6.23 Å². The van der Waals surface area contributed by atoms with E-state index in [1.165, 1.54) is 16.9 Å². The molecule has 3 aromatic carbocycles. The molecule has 1 saturated heterocycles. The van der Waals surface area contributed by atoms with Gasteiger partial charge in [0, 0.05) is 22.3 Å². The Kier molecular flexibility index (Phi) is 6.29. The summed E-state index contributed by atoms with van der Waals surface area (Å²) in [5.41, 5.74) is 5.15. The van der Waals surface area contributed by atoms with E-state index in [-0.39, 0.29) is 17.6 Å². The largest absolute Gasteiger partial charge is 0.339 e. The van der Waals surface area contributed by atoms with Crippen LogP contribution < -0.4 is 5.32 Å². The van der Waals surface area contributed by atoms with Crippen molar-refractivity contribution >= 4 is 33.4 Å². The Labute approximate surface area is 226 Å². The van der Waals surface area contributed by atoms with Crippen LogP contribution in [0.3, 0.4) is 0 Å². The second-order valence-electron chi connectivity index (χ2n) is 9.34. The van der Waals surface area contributed by atoms with Crippen molar-refractivity contribution in [3.8, 4) is 16.9 Å². The predicted molar refractivity (Wildman–Crippen MR) is 142 cm³/mol. The van der Waals surface area contributed by atoms with Crippen molar-refractivity contribution in [3.05, 3.63) is 93.8 Å². The molecule has 2 atom stereocenters. The predicted octanol–water partition coefficient (Wildman–Crippen LogP) is 4.82. The number of amides is 2. The maximum absolute atomic E-state index is 13.7. The maximum atomic E-state index is 13.7. The van der Waals surface area contributed by atoms with Gasteiger partial charge < -0.3 is 15.0 Å². The van der Waals surface area contributed by atoms with Crippen LogP contribution in [-0.2, 0) is 27.2 Å². The third kappa shape index (κ3) is 4.61. The average molecular weight is 576 g/mol. The number of carbonyl (C=O) groups excluding carboxylic acids is 2. The Morgan fingerprint density at radius 3 is 2.58 bits per heavy atom. The molecular weight excluding hydrogens is 553 g/mol. The molecule has 0 radical (unpaired) electrons. The number of hydrogen-bond donors (Lipinski definition) is 1. The van der Waals surface area contributed by atoms with Crippen molar-refractivity contribution in [2.24, 2.45) is 0 Å². The molecule has 1 N–H and O–H groups in total. The van der Waals surface area contributed by atoms with Crippen LogP contribution in [0.2, 0.25) is 0 Å². The molecular formula is C28H23BrFN5O3. The smallest absolute Gasteiger partial charge is 0.253 e. The van der Waals surface area contributed by atoms with Gasteiger partial charge >= 0.3 is 0 Å². The number of nitrogens with zero attached hydrogens (tertiary/aromatic N) is 4. The van der Waals surface area contributed by atoms with Crippen LogP contribution in [0.15, 0.2) is 71.2 Å². The molecule has 0 aliphatic carbocycles. The van der Waals surface area contributed by atoms with Crippen molar-refractivity contribution in [3.63, 3.8) is 0 Å². The molecule has 0 bridgehead atoms. The fourth-order valence-electron chi connectivity index (χ4n) is 4.77. The third-order valence-electron chi connectivity index (χ3n) is 6.74. The number of rotatable bonds is 6. The van der Waals surface area contributed by atoms with Crippen molar-refractivity contribution in [1.29, 1.82) is 0 Å². The quantitative estimate of drug-likeness (QED) is 0.356. The first kappa shape index (κ1) is 24.4. The van der Waals surface area contributed by atoms with Crippen molar-refractivity contribution in [2.75, 3.05) is 11.9 Å². The Balaban J connectivity index is 1.34. The first-order valence-corrected chi connectivity index (χ1v) is 13.0. The Morgan fingerprint density at radius 2 is 1.82 bits per heavy atom. The summed E-state index contributed by atoms with van der Waals surface area (Å²) < 4.78 is 20.7. The summed E-state index contributed by atoms with van der Waals surface area (Å²) in [4.78, 5) is 28.1. The van der Waals surface area contributed by atoms with E-state index in [9.17, 15) is 14.0 Å². The van der Waals surface area contributed by atoms with Gasteiger partial charge in [-0.15, -0.1) is 10.2 Å². The number of anilines is 1. The Bertz CT molecular complexity index is 1540. The summed E-state index contributed by atoms with van der Waals surface area (Å²) in [6, 6.07) is 19.4. The topological polar surface area (TPSA) is 89.3 Å². The molecule has 8 nitrogen and oxygen atoms in total. The number of ether oxygens (including phenoxy) is 1. The van der Waals surface area contributed by atoms with Crippen molar-refractivity contribution < 1.29 is 18.7 Å². The van der Waals surface area contributed by atoms with Crippen LogP contribution in [0.25, 0.3) is 16.9 Å². The summed E-state index contributed by atoms with van der Waals surface area (Å²) in [7, 11) is 0. The van der Waals surface area contributed by atoms with Gasteiger partial charge in [0.1, 0.15) is 23.3 Å². The van der Waals surface area contributed by atoms with E-state index in [0.717, 1.165) is 27.0 Å². The van der Waals surface area contributed by atoms with E-state index in [0.29, 0.717) is 36.3 Å². The normalized spacial score (nSPS) is 18.7. The highest BCUT2D eigenvalue weighted by molar-refractivity contribution is 9.10. The SMILES string of the molecule is C[C@@H]1O[C@H](c2nn(-c3ccc(Br)cc3)nc2-c2ccc(F)cc2)N(CCc2ccc3c(c2)NC(=O)C3)C1=O. The summed E-state index contributed by atoms with van der Waals surface area (Å²) in [5, 5.41) is 12.3. The molecule has 2 aliphatic heterocycles. The second-order valence-corrected chi connectivity index (χ2v) is 10.3. The fourth-order valence-corrected chi connectivity index (χ4v) is 5.03. The molecule has 0 unspecified atom stereocenters. The molecule has 38 heavy (non-hydrogen) atoms. The monoisotopic (exact) mass is 575 g/mol. The number of aromatic nitrogens is 3. The summed E-state index contributed by atoms with van der Waals surface area (Å²) in [5.74, 6) is -0.521. The van der Waals surface area contributed by atoms with Crippen LogP contribution in [0, 0.1) is 5.82 Å². The van der Waals surface area contributed by atoms with Gasteiger partial charge in [-0.3, -0.25) is 9.59 Å². The fraction of sp³-hybridized carbons (Fsp3) is 0.214. The maximum Gasteiger partial charge on any atom is 0.253 e. The molecule has 192 valence electrons. The first-order chi connectivity index (χ1) is 18.4. The zero-order valence-corrected chi connectivity index (χ0v) is 22.0. The average Bonchev–Trinajstić information content (AvgIpc) is 3.58. The van der Waals surface area contributed by atoms with Gasteiger partial charge in [-0.1, -0.05) is 28.1 Å². The Morgan fingerprint density at radius 1 is 1.05 bits per heavy atom. The standard InChI is InChI=1S/C28H23BrFN5O3/c1-16-27(37)34(13-12-17-2-3-19-15-24(36)31-23(19)14-17)28(38-16)26-25(18-4-8-21(30)9-5-18)32-35(33-26)22-10-6-20(29)7-11-22/h2-11,14,16,28H,12-13,15H2,1H3,(H,31,36)/t16-,28+/m0/s1. The first-order valence-electron chi connectivity index (χ1n) is 12.2. The number of fused-ring (bicyclic) bond motifs is 1. The zero-order chi connectivity index (χ0) is 26.4. The molecule has 4 aromatic rings. The molecule has 10 heteroatoms. The Hall–Kier alpha value is -3.89. The minimum atomic E-state index is -0.768. The van der Waals surface area contributed by atoms with E-state index in [1.807, 2.05) is 42.5 Å². The van der Waals surface area contributed by atoms with Gasteiger partial charge in [0.25, 0.3) is 5.91 Å². The van der Waals surface area contributed by atoms with Crippen molar-refractivity contribution in [2.45, 2.75) is 32.1 Å². The number of nitrogens with one attached hydrogen (secondary N) is 1. The van der Waals surface area contributed by atoms with Gasteiger partial charge in [0.2, 0.25) is 5.91 Å². The lowest BCUT2D eigenvalue weighted by Gasteiger charge is -2.22. The van der Waals surface area contributed by atoms with Crippen LogP contribution in [-0.4, -0.2) is 44.4 Å². The second kappa shape index (κ2) is 9.77. The molecule has 2 amide bonds. The molecule has 0 spiro atoms.